The van der Waals surface area contributed by atoms with Gasteiger partial charge in [-0.2, -0.15) is 0 Å². The minimum atomic E-state index is -3.86. The van der Waals surface area contributed by atoms with Crippen molar-refractivity contribution in [3.63, 3.8) is 0 Å². The Bertz CT molecular complexity index is 798. The van der Waals surface area contributed by atoms with Crippen LogP contribution in [0.5, 0.6) is 11.5 Å². The van der Waals surface area contributed by atoms with E-state index in [2.05, 4.69) is 5.32 Å². The van der Waals surface area contributed by atoms with E-state index in [4.69, 9.17) is 9.47 Å². The molecule has 1 aromatic carbocycles. The Balaban J connectivity index is 2.18. The summed E-state index contributed by atoms with van der Waals surface area (Å²) in [5.41, 5.74) is 0.252. The quantitative estimate of drug-likeness (QED) is 0.760. The number of ether oxygens (including phenoxy) is 2. The molecule has 24 heavy (non-hydrogen) atoms. The molecule has 0 amide bonds. The number of fused-ring (bicyclic) bond motifs is 1. The number of rotatable bonds is 5. The normalized spacial score (nSPS) is 23.0. The Kier molecular flexibility index (Phi) is 4.52. The number of sulfone groups is 2. The van der Waals surface area contributed by atoms with Crippen molar-refractivity contribution in [1.29, 1.82) is 0 Å². The molecule has 0 unspecified atom stereocenters. The molecule has 0 aliphatic carbocycles. The van der Waals surface area contributed by atoms with E-state index in [1.807, 2.05) is 0 Å². The molecule has 2 aliphatic heterocycles. The van der Waals surface area contributed by atoms with E-state index < -0.39 is 23.8 Å². The Morgan fingerprint density at radius 3 is 2.42 bits per heavy atom. The van der Waals surface area contributed by atoms with Crippen LogP contribution in [-0.2, 0) is 23.8 Å². The van der Waals surface area contributed by atoms with Gasteiger partial charge in [-0.15, -0.1) is 0 Å². The Labute approximate surface area is 142 Å². The molecule has 0 bridgehead atoms. The first-order valence-corrected chi connectivity index (χ1v) is 11.1. The van der Waals surface area contributed by atoms with Gasteiger partial charge in [0.1, 0.15) is 0 Å². The van der Waals surface area contributed by atoms with E-state index in [0.717, 1.165) is 0 Å². The minimum Gasteiger partial charge on any atom is -0.454 e. The number of hydrogen-bond acceptors (Lipinski definition) is 7. The van der Waals surface area contributed by atoms with Crippen molar-refractivity contribution in [3.05, 3.63) is 23.8 Å². The van der Waals surface area contributed by atoms with Crippen LogP contribution < -0.4 is 14.8 Å². The average Bonchev–Trinajstić information content (AvgIpc) is 2.97. The maximum absolute atomic E-state index is 12.9. The van der Waals surface area contributed by atoms with Gasteiger partial charge in [-0.05, 0) is 50.6 Å². The second kappa shape index (κ2) is 6.20. The fourth-order valence-corrected chi connectivity index (χ4v) is 9.23. The molecule has 0 radical (unpaired) electrons. The lowest BCUT2D eigenvalue weighted by Gasteiger charge is -2.36. The van der Waals surface area contributed by atoms with Gasteiger partial charge in [-0.25, -0.2) is 16.8 Å². The van der Waals surface area contributed by atoms with Gasteiger partial charge >= 0.3 is 0 Å². The van der Waals surface area contributed by atoms with Crippen LogP contribution in [0.25, 0.3) is 0 Å². The highest BCUT2D eigenvalue weighted by Gasteiger charge is 2.57. The standard InChI is InChI=1S/C15H21NO6S2/c1-16-7-2-6-15(23(17,18)8-3-9-24(15,19)20)12-4-5-13-14(10-12)22-11-21-13/h4-5,10,16H,2-3,6-9,11H2,1H3. The molecule has 134 valence electrons. The third-order valence-corrected chi connectivity index (χ3v) is 10.6. The molecule has 2 heterocycles. The summed E-state index contributed by atoms with van der Waals surface area (Å²) >= 11 is 0. The van der Waals surface area contributed by atoms with Crippen LogP contribution >= 0.6 is 0 Å². The lowest BCUT2D eigenvalue weighted by Crippen LogP contribution is -2.50. The third kappa shape index (κ3) is 2.58. The summed E-state index contributed by atoms with van der Waals surface area (Å²) in [6, 6.07) is 4.62. The SMILES string of the molecule is CNCCCC1(c2ccc3c(c2)OCO3)S(=O)(=O)CCCS1(=O)=O. The predicted molar refractivity (Wildman–Crippen MR) is 89.6 cm³/mol. The van der Waals surface area contributed by atoms with Crippen LogP contribution in [0.4, 0.5) is 0 Å². The highest BCUT2D eigenvalue weighted by Crippen LogP contribution is 2.47. The molecule has 2 aliphatic rings. The van der Waals surface area contributed by atoms with E-state index >= 15 is 0 Å². The topological polar surface area (TPSA) is 98.8 Å². The Morgan fingerprint density at radius 1 is 1.08 bits per heavy atom. The largest absolute Gasteiger partial charge is 0.454 e. The van der Waals surface area contributed by atoms with Crippen molar-refractivity contribution in [3.8, 4) is 11.5 Å². The maximum atomic E-state index is 12.9. The number of hydrogen-bond donors (Lipinski definition) is 1. The lowest BCUT2D eigenvalue weighted by molar-refractivity contribution is 0.174. The molecule has 9 heteroatoms. The van der Waals surface area contributed by atoms with Crippen molar-refractivity contribution in [2.45, 2.75) is 23.3 Å². The summed E-state index contributed by atoms with van der Waals surface area (Å²) in [6.07, 6.45) is 0.602. The summed E-state index contributed by atoms with van der Waals surface area (Å²) in [7, 11) is -5.96. The zero-order valence-electron chi connectivity index (χ0n) is 13.4. The third-order valence-electron chi connectivity index (χ3n) is 4.58. The van der Waals surface area contributed by atoms with Crippen LogP contribution in [0.2, 0.25) is 0 Å². The predicted octanol–water partition coefficient (Wildman–Crippen LogP) is 0.801. The fourth-order valence-electron chi connectivity index (χ4n) is 3.41. The summed E-state index contributed by atoms with van der Waals surface area (Å²) in [4.78, 5) is 0. The van der Waals surface area contributed by atoms with E-state index in [0.29, 0.717) is 24.5 Å². The highest BCUT2D eigenvalue weighted by molar-refractivity contribution is 8.10. The number of benzene rings is 1. The first-order chi connectivity index (χ1) is 11.3. The molecule has 7 nitrogen and oxygen atoms in total. The fraction of sp³-hybridized carbons (Fsp3) is 0.600. The Morgan fingerprint density at radius 2 is 1.75 bits per heavy atom. The van der Waals surface area contributed by atoms with Crippen LogP contribution in [0.1, 0.15) is 24.8 Å². The molecular formula is C15H21NO6S2. The van der Waals surface area contributed by atoms with Gasteiger partial charge < -0.3 is 14.8 Å². The lowest BCUT2D eigenvalue weighted by atomic mass is 10.1. The molecule has 0 saturated carbocycles. The molecular weight excluding hydrogens is 354 g/mol. The van der Waals surface area contributed by atoms with E-state index in [9.17, 15) is 16.8 Å². The zero-order valence-corrected chi connectivity index (χ0v) is 15.1. The van der Waals surface area contributed by atoms with Gasteiger partial charge in [0.15, 0.2) is 35.3 Å². The van der Waals surface area contributed by atoms with Crippen LogP contribution in [0.15, 0.2) is 18.2 Å². The van der Waals surface area contributed by atoms with Crippen LogP contribution in [0, 0.1) is 0 Å². The molecule has 0 aromatic heterocycles. The smallest absolute Gasteiger partial charge is 0.231 e. The van der Waals surface area contributed by atoms with Crippen molar-refractivity contribution in [2.75, 3.05) is 31.9 Å². The van der Waals surface area contributed by atoms with E-state index in [1.165, 1.54) is 12.1 Å². The van der Waals surface area contributed by atoms with Gasteiger partial charge in [-0.1, -0.05) is 6.07 Å². The second-order valence-electron chi connectivity index (χ2n) is 6.02. The van der Waals surface area contributed by atoms with E-state index in [-0.39, 0.29) is 36.7 Å². The summed E-state index contributed by atoms with van der Waals surface area (Å²) in [5, 5.41) is 2.94. The maximum Gasteiger partial charge on any atom is 0.231 e. The van der Waals surface area contributed by atoms with Gasteiger partial charge in [0, 0.05) is 0 Å². The first-order valence-electron chi connectivity index (χ1n) is 7.83. The average molecular weight is 375 g/mol. The molecule has 0 spiro atoms. The zero-order chi connectivity index (χ0) is 17.4. The van der Waals surface area contributed by atoms with Crippen molar-refractivity contribution >= 4 is 19.7 Å². The second-order valence-corrected chi connectivity index (χ2v) is 10.9. The summed E-state index contributed by atoms with van der Waals surface area (Å²) in [5.74, 6) is 0.631. The molecule has 0 atom stereocenters. The summed E-state index contributed by atoms with van der Waals surface area (Å²) in [6.45, 7) is 0.586. The van der Waals surface area contributed by atoms with Gasteiger partial charge in [0.05, 0.1) is 11.5 Å². The van der Waals surface area contributed by atoms with Crippen molar-refractivity contribution in [1.82, 2.24) is 5.32 Å². The Hall–Kier alpha value is -1.32. The molecule has 1 aromatic rings. The van der Waals surface area contributed by atoms with Gasteiger partial charge in [0.25, 0.3) is 0 Å². The molecule has 1 fully saturated rings. The van der Waals surface area contributed by atoms with Crippen molar-refractivity contribution < 1.29 is 26.3 Å². The summed E-state index contributed by atoms with van der Waals surface area (Å²) < 4.78 is 60.4. The molecule has 1 N–H and O–H groups in total. The molecule has 1 saturated heterocycles. The molecule has 3 rings (SSSR count). The van der Waals surface area contributed by atoms with E-state index in [1.54, 1.807) is 13.1 Å². The minimum absolute atomic E-state index is 0.0259. The first kappa shape index (κ1) is 17.5. The van der Waals surface area contributed by atoms with Gasteiger partial charge in [0.2, 0.25) is 6.79 Å². The van der Waals surface area contributed by atoms with Crippen molar-refractivity contribution in [2.24, 2.45) is 0 Å². The number of nitrogens with one attached hydrogen (secondary N) is 1. The van der Waals surface area contributed by atoms with Crippen LogP contribution in [0.3, 0.4) is 0 Å². The highest BCUT2D eigenvalue weighted by atomic mass is 32.3. The van der Waals surface area contributed by atoms with Crippen LogP contribution in [-0.4, -0.2) is 48.7 Å². The monoisotopic (exact) mass is 375 g/mol. The van der Waals surface area contributed by atoms with Gasteiger partial charge in [-0.3, -0.25) is 0 Å².